The maximum Gasteiger partial charge on any atom is 0.112 e. The monoisotopic (exact) mass is 286 g/mol. The van der Waals surface area contributed by atoms with Gasteiger partial charge in [0.15, 0.2) is 0 Å². The van der Waals surface area contributed by atoms with Crippen molar-refractivity contribution in [2.75, 3.05) is 6.61 Å². The second kappa shape index (κ2) is 9.71. The molecule has 0 aliphatic rings. The molecule has 0 aromatic heterocycles. The number of allylic oxidation sites excluding steroid dienone is 3. The lowest BCUT2D eigenvalue weighted by atomic mass is 10.0. The first-order valence-corrected chi connectivity index (χ1v) is 6.73. The van der Waals surface area contributed by atoms with Crippen molar-refractivity contribution in [3.05, 3.63) is 35.6 Å². The molecule has 1 unspecified atom stereocenters. The molecular formula is C14H23BrO. The normalized spacial score (nSPS) is 12.7. The molecule has 16 heavy (non-hydrogen) atoms. The van der Waals surface area contributed by atoms with E-state index in [9.17, 15) is 0 Å². The molecule has 0 radical (unpaired) electrons. The van der Waals surface area contributed by atoms with Gasteiger partial charge in [0.2, 0.25) is 0 Å². The van der Waals surface area contributed by atoms with E-state index >= 15 is 0 Å². The molecule has 0 saturated heterocycles. The summed E-state index contributed by atoms with van der Waals surface area (Å²) < 4.78 is 6.43. The minimum atomic E-state index is 0.650. The summed E-state index contributed by atoms with van der Waals surface area (Å²) in [6.07, 6.45) is 8.62. The van der Waals surface area contributed by atoms with Crippen LogP contribution in [-0.2, 0) is 4.74 Å². The molecule has 2 heteroatoms. The average Bonchev–Trinajstić information content (AvgIpc) is 2.26. The fourth-order valence-corrected chi connectivity index (χ4v) is 1.49. The summed E-state index contributed by atoms with van der Waals surface area (Å²) in [5.41, 5.74) is 0. The van der Waals surface area contributed by atoms with Crippen molar-refractivity contribution in [2.24, 2.45) is 5.92 Å². The maximum absolute atomic E-state index is 5.60. The Labute approximate surface area is 108 Å². The van der Waals surface area contributed by atoms with Gasteiger partial charge in [-0.1, -0.05) is 62.2 Å². The largest absolute Gasteiger partial charge is 0.494 e. The average molecular weight is 287 g/mol. The third-order valence-corrected chi connectivity index (χ3v) is 2.76. The van der Waals surface area contributed by atoms with E-state index in [1.165, 1.54) is 25.7 Å². The van der Waals surface area contributed by atoms with Gasteiger partial charge in [-0.3, -0.25) is 0 Å². The first-order valence-electron chi connectivity index (χ1n) is 5.94. The lowest BCUT2D eigenvalue weighted by Gasteiger charge is -2.15. The molecule has 0 N–H and O–H groups in total. The minimum Gasteiger partial charge on any atom is -0.494 e. The molecule has 0 aliphatic heterocycles. The quantitative estimate of drug-likeness (QED) is 0.418. The highest BCUT2D eigenvalue weighted by atomic mass is 79.9. The van der Waals surface area contributed by atoms with Crippen LogP contribution < -0.4 is 0 Å². The zero-order chi connectivity index (χ0) is 12.4. The Bertz CT molecular complexity index is 243. The Morgan fingerprint density at radius 3 is 2.50 bits per heavy atom. The second-order valence-electron chi connectivity index (χ2n) is 3.97. The predicted molar refractivity (Wildman–Crippen MR) is 75.6 cm³/mol. The van der Waals surface area contributed by atoms with Crippen LogP contribution in [-0.4, -0.2) is 6.61 Å². The van der Waals surface area contributed by atoms with Crippen molar-refractivity contribution in [2.45, 2.75) is 39.5 Å². The predicted octanol–water partition coefficient (Wildman–Crippen LogP) is 5.20. The van der Waals surface area contributed by atoms with Crippen molar-refractivity contribution in [3.63, 3.8) is 0 Å². The number of rotatable bonds is 9. The summed E-state index contributed by atoms with van der Waals surface area (Å²) in [5.74, 6) is 1.35. The SMILES string of the molecule is C=C(Br)/C=C\C(=C)OCC(CC)CCCC. The number of hydrogen-bond acceptors (Lipinski definition) is 1. The van der Waals surface area contributed by atoms with Crippen LogP contribution in [0.5, 0.6) is 0 Å². The van der Waals surface area contributed by atoms with Crippen molar-refractivity contribution in [1.82, 2.24) is 0 Å². The van der Waals surface area contributed by atoms with E-state index in [4.69, 9.17) is 4.74 Å². The van der Waals surface area contributed by atoms with Crippen LogP contribution in [0.2, 0.25) is 0 Å². The van der Waals surface area contributed by atoms with Crippen LogP contribution in [0.4, 0.5) is 0 Å². The first-order chi connectivity index (χ1) is 7.60. The summed E-state index contributed by atoms with van der Waals surface area (Å²) in [7, 11) is 0. The number of unbranched alkanes of at least 4 members (excludes halogenated alkanes) is 1. The third kappa shape index (κ3) is 8.78. The standard InChI is InChI=1S/C14H23BrO/c1-5-7-8-14(6-2)11-16-13(4)10-9-12(3)15/h9-10,14H,3-8,11H2,1-2H3/b10-9-. The van der Waals surface area contributed by atoms with Gasteiger partial charge < -0.3 is 4.74 Å². The van der Waals surface area contributed by atoms with Crippen molar-refractivity contribution in [1.29, 1.82) is 0 Å². The van der Waals surface area contributed by atoms with Gasteiger partial charge in [0, 0.05) is 4.48 Å². The van der Waals surface area contributed by atoms with Gasteiger partial charge in [-0.15, -0.1) is 0 Å². The summed E-state index contributed by atoms with van der Waals surface area (Å²) >= 11 is 3.25. The number of halogens is 1. The Kier molecular flexibility index (Phi) is 9.40. The molecule has 0 amide bonds. The van der Waals surface area contributed by atoms with Gasteiger partial charge >= 0.3 is 0 Å². The summed E-state index contributed by atoms with van der Waals surface area (Å²) in [4.78, 5) is 0. The zero-order valence-electron chi connectivity index (χ0n) is 10.5. The first kappa shape index (κ1) is 15.5. The van der Waals surface area contributed by atoms with Crippen LogP contribution in [0, 0.1) is 5.92 Å². The fraction of sp³-hybridized carbons (Fsp3) is 0.571. The summed E-state index contributed by atoms with van der Waals surface area (Å²) in [6, 6.07) is 0. The molecule has 0 aromatic rings. The van der Waals surface area contributed by atoms with E-state index in [1.54, 1.807) is 0 Å². The lowest BCUT2D eigenvalue weighted by Crippen LogP contribution is -2.07. The van der Waals surface area contributed by atoms with Crippen LogP contribution >= 0.6 is 15.9 Å². The maximum atomic E-state index is 5.60. The van der Waals surface area contributed by atoms with E-state index in [0.29, 0.717) is 11.7 Å². The molecule has 92 valence electrons. The highest BCUT2D eigenvalue weighted by molar-refractivity contribution is 9.11. The molecule has 0 fully saturated rings. The summed E-state index contributed by atoms with van der Waals surface area (Å²) in [6.45, 7) is 12.8. The lowest BCUT2D eigenvalue weighted by molar-refractivity contribution is 0.166. The van der Waals surface area contributed by atoms with Gasteiger partial charge in [-0.05, 0) is 24.5 Å². The molecular weight excluding hydrogens is 264 g/mol. The number of ether oxygens (including phenoxy) is 1. The van der Waals surface area contributed by atoms with E-state index in [0.717, 1.165) is 11.1 Å². The third-order valence-electron chi connectivity index (χ3n) is 2.50. The van der Waals surface area contributed by atoms with E-state index in [-0.39, 0.29) is 0 Å². The van der Waals surface area contributed by atoms with E-state index < -0.39 is 0 Å². The molecule has 0 spiro atoms. The van der Waals surface area contributed by atoms with E-state index in [1.807, 2.05) is 12.2 Å². The molecule has 1 atom stereocenters. The van der Waals surface area contributed by atoms with Gasteiger partial charge in [0.05, 0.1) is 6.61 Å². The molecule has 0 aromatic carbocycles. The molecule has 0 aliphatic carbocycles. The van der Waals surface area contributed by atoms with Crippen molar-refractivity contribution >= 4 is 15.9 Å². The van der Waals surface area contributed by atoms with Gasteiger partial charge in [-0.2, -0.15) is 0 Å². The highest BCUT2D eigenvalue weighted by Crippen LogP contribution is 2.14. The Morgan fingerprint density at radius 2 is 2.00 bits per heavy atom. The molecule has 0 bridgehead atoms. The Balaban J connectivity index is 3.83. The topological polar surface area (TPSA) is 9.23 Å². The molecule has 0 rings (SSSR count). The highest BCUT2D eigenvalue weighted by Gasteiger charge is 2.06. The Morgan fingerprint density at radius 1 is 1.31 bits per heavy atom. The van der Waals surface area contributed by atoms with Crippen LogP contribution in [0.25, 0.3) is 0 Å². The van der Waals surface area contributed by atoms with Crippen LogP contribution in [0.1, 0.15) is 39.5 Å². The van der Waals surface area contributed by atoms with Crippen molar-refractivity contribution < 1.29 is 4.74 Å². The van der Waals surface area contributed by atoms with Crippen molar-refractivity contribution in [3.8, 4) is 0 Å². The van der Waals surface area contributed by atoms with Gasteiger partial charge in [0.25, 0.3) is 0 Å². The van der Waals surface area contributed by atoms with E-state index in [2.05, 4.69) is 42.9 Å². The zero-order valence-corrected chi connectivity index (χ0v) is 12.1. The molecule has 1 nitrogen and oxygen atoms in total. The summed E-state index contributed by atoms with van der Waals surface area (Å²) in [5, 5.41) is 0. The Hall–Kier alpha value is -0.500. The van der Waals surface area contributed by atoms with Gasteiger partial charge in [0.1, 0.15) is 5.76 Å². The molecule has 0 heterocycles. The minimum absolute atomic E-state index is 0.650. The number of hydrogen-bond donors (Lipinski definition) is 0. The smallest absolute Gasteiger partial charge is 0.112 e. The van der Waals surface area contributed by atoms with Crippen LogP contribution in [0.3, 0.4) is 0 Å². The van der Waals surface area contributed by atoms with Gasteiger partial charge in [-0.25, -0.2) is 0 Å². The fourth-order valence-electron chi connectivity index (χ4n) is 1.35. The molecule has 0 saturated carbocycles. The second-order valence-corrected chi connectivity index (χ2v) is 4.99. The van der Waals surface area contributed by atoms with Crippen LogP contribution in [0.15, 0.2) is 35.6 Å².